The van der Waals surface area contributed by atoms with Crippen LogP contribution in [-0.4, -0.2) is 22.2 Å². The molecular formula is C32H28O6. The molecule has 0 aliphatic heterocycles. The number of aromatic carboxylic acids is 2. The van der Waals surface area contributed by atoms with Crippen LogP contribution in [-0.2, 0) is 0 Å². The summed E-state index contributed by atoms with van der Waals surface area (Å²) in [6.07, 6.45) is 7.67. The average molecular weight is 509 g/mol. The van der Waals surface area contributed by atoms with Crippen LogP contribution in [0.4, 0.5) is 0 Å². The Morgan fingerprint density at radius 1 is 0.658 bits per heavy atom. The molecule has 192 valence electrons. The second kappa shape index (κ2) is 9.57. The molecule has 0 amide bonds. The van der Waals surface area contributed by atoms with Crippen LogP contribution in [0.5, 0.6) is 23.0 Å². The van der Waals surface area contributed by atoms with Crippen molar-refractivity contribution in [2.24, 2.45) is 23.2 Å². The Morgan fingerprint density at radius 2 is 1.08 bits per heavy atom. The van der Waals surface area contributed by atoms with Crippen LogP contribution in [0.25, 0.3) is 0 Å². The molecule has 0 aromatic heterocycles. The summed E-state index contributed by atoms with van der Waals surface area (Å²) in [6, 6.07) is 17.9. The predicted molar refractivity (Wildman–Crippen MR) is 141 cm³/mol. The maximum absolute atomic E-state index is 11.2. The quantitative estimate of drug-likeness (QED) is 0.341. The summed E-state index contributed by atoms with van der Waals surface area (Å²) >= 11 is 0. The number of rotatable bonds is 6. The van der Waals surface area contributed by atoms with Gasteiger partial charge in [-0.15, -0.1) is 0 Å². The molecule has 7 rings (SSSR count). The Labute approximate surface area is 221 Å². The van der Waals surface area contributed by atoms with Crippen LogP contribution in [0.1, 0.15) is 64.8 Å². The normalized spacial score (nSPS) is 24.8. The Morgan fingerprint density at radius 3 is 1.47 bits per heavy atom. The summed E-state index contributed by atoms with van der Waals surface area (Å²) in [7, 11) is 0. The van der Waals surface area contributed by atoms with Crippen molar-refractivity contribution in [3.8, 4) is 34.8 Å². The topological polar surface area (TPSA) is 93.1 Å². The maximum Gasteiger partial charge on any atom is 0.335 e. The van der Waals surface area contributed by atoms with Crippen LogP contribution in [0.3, 0.4) is 0 Å². The van der Waals surface area contributed by atoms with Crippen LogP contribution < -0.4 is 9.47 Å². The van der Waals surface area contributed by atoms with E-state index in [1.54, 1.807) is 30.3 Å². The zero-order chi connectivity index (χ0) is 26.3. The lowest BCUT2D eigenvalue weighted by Gasteiger charge is -2.54. The highest BCUT2D eigenvalue weighted by Gasteiger charge is 2.50. The lowest BCUT2D eigenvalue weighted by Crippen LogP contribution is -2.45. The minimum Gasteiger partial charge on any atom is -0.478 e. The number of hydrogen-bond donors (Lipinski definition) is 2. The molecule has 0 saturated heterocycles. The smallest absolute Gasteiger partial charge is 0.335 e. The van der Waals surface area contributed by atoms with E-state index in [1.165, 1.54) is 62.8 Å². The van der Waals surface area contributed by atoms with E-state index in [9.17, 15) is 9.59 Å². The minimum atomic E-state index is -0.997. The molecule has 2 N–H and O–H groups in total. The summed E-state index contributed by atoms with van der Waals surface area (Å²) in [5, 5.41) is 18.3. The van der Waals surface area contributed by atoms with Crippen molar-refractivity contribution in [3.63, 3.8) is 0 Å². The van der Waals surface area contributed by atoms with Crippen LogP contribution in [0.15, 0.2) is 66.7 Å². The summed E-state index contributed by atoms with van der Waals surface area (Å²) in [5.41, 5.74) is 1.24. The van der Waals surface area contributed by atoms with Gasteiger partial charge < -0.3 is 19.7 Å². The fourth-order valence-electron chi connectivity index (χ4n) is 6.83. The second-order valence-electron chi connectivity index (χ2n) is 11.0. The molecule has 4 aliphatic rings. The predicted octanol–water partition coefficient (Wildman–Crippen LogP) is 7.24. The van der Waals surface area contributed by atoms with Gasteiger partial charge in [0.25, 0.3) is 0 Å². The zero-order valence-electron chi connectivity index (χ0n) is 20.9. The van der Waals surface area contributed by atoms with E-state index < -0.39 is 11.9 Å². The Bertz CT molecular complexity index is 1330. The molecule has 0 radical (unpaired) electrons. The molecule has 4 bridgehead atoms. The third-order valence-electron chi connectivity index (χ3n) is 8.06. The molecule has 0 unspecified atom stereocenters. The zero-order valence-corrected chi connectivity index (χ0v) is 20.9. The van der Waals surface area contributed by atoms with Gasteiger partial charge in [0.2, 0.25) is 0 Å². The van der Waals surface area contributed by atoms with E-state index in [0.717, 1.165) is 23.3 Å². The van der Waals surface area contributed by atoms with Gasteiger partial charge in [-0.3, -0.25) is 0 Å². The van der Waals surface area contributed by atoms with Gasteiger partial charge in [0.1, 0.15) is 23.0 Å². The molecule has 6 heteroatoms. The number of benzene rings is 3. The van der Waals surface area contributed by atoms with Crippen LogP contribution >= 0.6 is 0 Å². The minimum absolute atomic E-state index is 0.103. The van der Waals surface area contributed by atoms with Crippen molar-refractivity contribution in [1.82, 2.24) is 0 Å². The first kappa shape index (κ1) is 24.1. The molecule has 4 aliphatic carbocycles. The van der Waals surface area contributed by atoms with Crippen molar-refractivity contribution in [1.29, 1.82) is 0 Å². The lowest BCUT2D eigenvalue weighted by molar-refractivity contribution is -0.0181. The van der Waals surface area contributed by atoms with Gasteiger partial charge in [-0.2, -0.15) is 0 Å². The molecule has 38 heavy (non-hydrogen) atoms. The van der Waals surface area contributed by atoms with Crippen LogP contribution in [0.2, 0.25) is 0 Å². The molecule has 0 spiro atoms. The summed E-state index contributed by atoms with van der Waals surface area (Å²) in [5.74, 6) is 9.58. The molecule has 0 atom stereocenters. The van der Waals surface area contributed by atoms with Crippen LogP contribution in [0, 0.1) is 35.0 Å². The number of ether oxygens (including phenoxy) is 2. The number of carbonyl (C=O) groups is 2. The highest BCUT2D eigenvalue weighted by atomic mass is 16.5. The van der Waals surface area contributed by atoms with Gasteiger partial charge in [0.15, 0.2) is 0 Å². The molecular weight excluding hydrogens is 480 g/mol. The van der Waals surface area contributed by atoms with Gasteiger partial charge in [-0.25, -0.2) is 9.59 Å². The standard InChI is InChI=1S/C32H28O6/c33-30(34)24-1-5-26(6-2-24)37-28-14-20(9-10-32-17-21-11-22(18-32)13-23(12-21)19-32)15-29(16-28)38-27-7-3-25(4-8-27)31(35)36/h1-8,14-16,21-23H,11-13,17-19H2,(H,33,34)(H,35,36). The fourth-order valence-corrected chi connectivity index (χ4v) is 6.83. The van der Waals surface area contributed by atoms with E-state index in [2.05, 4.69) is 11.8 Å². The van der Waals surface area contributed by atoms with E-state index >= 15 is 0 Å². The highest BCUT2D eigenvalue weighted by molar-refractivity contribution is 5.88. The largest absolute Gasteiger partial charge is 0.478 e. The Hall–Kier alpha value is -4.24. The van der Waals surface area contributed by atoms with Gasteiger partial charge in [0.05, 0.1) is 11.1 Å². The average Bonchev–Trinajstić information content (AvgIpc) is 2.87. The summed E-state index contributed by atoms with van der Waals surface area (Å²) in [6.45, 7) is 0. The van der Waals surface area contributed by atoms with Gasteiger partial charge in [-0.05, 0) is 117 Å². The van der Waals surface area contributed by atoms with E-state index in [0.29, 0.717) is 23.0 Å². The van der Waals surface area contributed by atoms with E-state index in [4.69, 9.17) is 19.7 Å². The van der Waals surface area contributed by atoms with E-state index in [1.807, 2.05) is 12.1 Å². The SMILES string of the molecule is O=C(O)c1ccc(Oc2cc(C#CC34CC5CC(CC(C5)C3)C4)cc(Oc3ccc(C(=O)O)cc3)c2)cc1. The van der Waals surface area contributed by atoms with Crippen molar-refractivity contribution in [2.45, 2.75) is 38.5 Å². The molecule has 6 nitrogen and oxygen atoms in total. The first-order valence-corrected chi connectivity index (χ1v) is 13.0. The molecule has 4 saturated carbocycles. The fraction of sp³-hybridized carbons (Fsp3) is 0.312. The summed E-state index contributed by atoms with van der Waals surface area (Å²) in [4.78, 5) is 22.4. The third kappa shape index (κ3) is 5.10. The summed E-state index contributed by atoms with van der Waals surface area (Å²) < 4.78 is 12.1. The number of carboxylic acids is 2. The molecule has 4 fully saturated rings. The highest BCUT2D eigenvalue weighted by Crippen LogP contribution is 2.59. The first-order valence-electron chi connectivity index (χ1n) is 13.0. The number of carboxylic acid groups (broad SMARTS) is 2. The molecule has 3 aromatic rings. The number of hydrogen-bond acceptors (Lipinski definition) is 4. The van der Waals surface area contributed by atoms with E-state index in [-0.39, 0.29) is 16.5 Å². The van der Waals surface area contributed by atoms with Gasteiger partial charge in [-0.1, -0.05) is 11.8 Å². The van der Waals surface area contributed by atoms with Crippen molar-refractivity contribution < 1.29 is 29.3 Å². The Balaban J connectivity index is 1.30. The molecule has 0 heterocycles. The maximum atomic E-state index is 11.2. The van der Waals surface area contributed by atoms with Crippen molar-refractivity contribution in [2.75, 3.05) is 0 Å². The first-order chi connectivity index (χ1) is 18.3. The Kier molecular flexibility index (Phi) is 6.07. The molecule has 3 aromatic carbocycles. The monoisotopic (exact) mass is 508 g/mol. The van der Waals surface area contributed by atoms with Crippen molar-refractivity contribution >= 4 is 11.9 Å². The second-order valence-corrected chi connectivity index (χ2v) is 11.0. The van der Waals surface area contributed by atoms with Gasteiger partial charge in [0, 0.05) is 17.0 Å². The lowest BCUT2D eigenvalue weighted by atomic mass is 9.50. The van der Waals surface area contributed by atoms with Crippen molar-refractivity contribution in [3.05, 3.63) is 83.4 Å². The van der Waals surface area contributed by atoms with Gasteiger partial charge >= 0.3 is 11.9 Å². The third-order valence-corrected chi connectivity index (χ3v) is 8.06.